The van der Waals surface area contributed by atoms with E-state index in [1.807, 2.05) is 37.3 Å². The maximum atomic E-state index is 11.0. The number of rotatable bonds is 6. The topological polar surface area (TPSA) is 64.4 Å². The molecule has 0 spiro atoms. The van der Waals surface area contributed by atoms with E-state index in [4.69, 9.17) is 4.84 Å². The molecule has 0 aliphatic rings. The van der Waals surface area contributed by atoms with E-state index in [2.05, 4.69) is 5.48 Å². The fourth-order valence-corrected chi connectivity index (χ4v) is 1.91. The standard InChI is InChI=1S/C15H16N2O3/c1-12(14-9-5-6-10-15(14)17(18)19)16-20-11-13-7-3-2-4-8-13/h2-10,12,16H,11H2,1H3. The molecule has 0 heterocycles. The molecule has 0 aliphatic carbocycles. The van der Waals surface area contributed by atoms with E-state index in [1.54, 1.807) is 18.2 Å². The van der Waals surface area contributed by atoms with E-state index in [1.165, 1.54) is 6.07 Å². The number of hydrogen-bond acceptors (Lipinski definition) is 4. The van der Waals surface area contributed by atoms with Crippen molar-refractivity contribution in [2.45, 2.75) is 19.6 Å². The van der Waals surface area contributed by atoms with Gasteiger partial charge in [0.1, 0.15) is 0 Å². The quantitative estimate of drug-likeness (QED) is 0.646. The van der Waals surface area contributed by atoms with Crippen molar-refractivity contribution >= 4 is 5.69 Å². The van der Waals surface area contributed by atoms with Gasteiger partial charge in [0.05, 0.1) is 17.6 Å². The number of hydroxylamine groups is 1. The van der Waals surface area contributed by atoms with Gasteiger partial charge < -0.3 is 0 Å². The Morgan fingerprint density at radius 3 is 2.50 bits per heavy atom. The monoisotopic (exact) mass is 272 g/mol. The minimum Gasteiger partial charge on any atom is -0.296 e. The normalized spacial score (nSPS) is 12.1. The van der Waals surface area contributed by atoms with Crippen LogP contribution in [0.25, 0.3) is 0 Å². The highest BCUT2D eigenvalue weighted by Crippen LogP contribution is 2.24. The fraction of sp³-hybridized carbons (Fsp3) is 0.200. The van der Waals surface area contributed by atoms with Crippen molar-refractivity contribution in [3.05, 3.63) is 75.8 Å². The second kappa shape index (κ2) is 6.79. The fourth-order valence-electron chi connectivity index (χ4n) is 1.91. The molecule has 2 aromatic carbocycles. The van der Waals surface area contributed by atoms with Crippen LogP contribution in [0.15, 0.2) is 54.6 Å². The average molecular weight is 272 g/mol. The van der Waals surface area contributed by atoms with Gasteiger partial charge >= 0.3 is 0 Å². The van der Waals surface area contributed by atoms with Gasteiger partial charge in [0, 0.05) is 11.6 Å². The van der Waals surface area contributed by atoms with Gasteiger partial charge in [0.2, 0.25) is 0 Å². The third kappa shape index (κ3) is 3.63. The highest BCUT2D eigenvalue weighted by Gasteiger charge is 2.17. The van der Waals surface area contributed by atoms with Crippen LogP contribution in [0, 0.1) is 10.1 Å². The summed E-state index contributed by atoms with van der Waals surface area (Å²) in [6.07, 6.45) is 0. The van der Waals surface area contributed by atoms with Crippen LogP contribution in [-0.2, 0) is 11.4 Å². The van der Waals surface area contributed by atoms with Crippen molar-refractivity contribution in [1.82, 2.24) is 5.48 Å². The molecule has 1 N–H and O–H groups in total. The second-order valence-corrected chi connectivity index (χ2v) is 4.43. The Balaban J connectivity index is 1.95. The van der Waals surface area contributed by atoms with Gasteiger partial charge in [0.15, 0.2) is 0 Å². The number of para-hydroxylation sites is 1. The minimum absolute atomic E-state index is 0.0933. The summed E-state index contributed by atoms with van der Waals surface area (Å²) in [4.78, 5) is 16.0. The van der Waals surface area contributed by atoms with Crippen LogP contribution < -0.4 is 5.48 Å². The number of nitro benzene ring substituents is 1. The Hall–Kier alpha value is -2.24. The molecule has 0 saturated carbocycles. The minimum atomic E-state index is -0.384. The summed E-state index contributed by atoms with van der Waals surface area (Å²) in [6.45, 7) is 2.24. The molecule has 0 amide bonds. The van der Waals surface area contributed by atoms with Crippen molar-refractivity contribution in [2.75, 3.05) is 0 Å². The van der Waals surface area contributed by atoms with Gasteiger partial charge in [-0.1, -0.05) is 48.5 Å². The van der Waals surface area contributed by atoms with E-state index >= 15 is 0 Å². The molecule has 1 atom stereocenters. The molecular formula is C15H16N2O3. The molecule has 0 radical (unpaired) electrons. The van der Waals surface area contributed by atoms with Gasteiger partial charge in [0.25, 0.3) is 5.69 Å². The van der Waals surface area contributed by atoms with E-state index < -0.39 is 0 Å². The van der Waals surface area contributed by atoms with Crippen LogP contribution in [-0.4, -0.2) is 4.92 Å². The zero-order chi connectivity index (χ0) is 14.4. The first-order valence-electron chi connectivity index (χ1n) is 6.33. The first kappa shape index (κ1) is 14.2. The Kier molecular flexibility index (Phi) is 4.81. The summed E-state index contributed by atoms with van der Waals surface area (Å²) in [5, 5.41) is 11.0. The van der Waals surface area contributed by atoms with E-state index in [9.17, 15) is 10.1 Å². The molecule has 104 valence electrons. The average Bonchev–Trinajstić information content (AvgIpc) is 2.48. The highest BCUT2D eigenvalue weighted by atomic mass is 16.6. The van der Waals surface area contributed by atoms with Crippen LogP contribution in [0.3, 0.4) is 0 Å². The first-order valence-corrected chi connectivity index (χ1v) is 6.33. The number of benzene rings is 2. The highest BCUT2D eigenvalue weighted by molar-refractivity contribution is 5.41. The molecular weight excluding hydrogens is 256 g/mol. The summed E-state index contributed by atoms with van der Waals surface area (Å²) >= 11 is 0. The largest absolute Gasteiger partial charge is 0.296 e. The zero-order valence-electron chi connectivity index (χ0n) is 11.2. The third-order valence-corrected chi connectivity index (χ3v) is 2.94. The van der Waals surface area contributed by atoms with Crippen LogP contribution in [0.4, 0.5) is 5.69 Å². The van der Waals surface area contributed by atoms with Gasteiger partial charge in [-0.15, -0.1) is 0 Å². The lowest BCUT2D eigenvalue weighted by Gasteiger charge is -2.14. The second-order valence-electron chi connectivity index (χ2n) is 4.43. The molecule has 1 unspecified atom stereocenters. The summed E-state index contributed by atoms with van der Waals surface area (Å²) in [5.74, 6) is 0. The van der Waals surface area contributed by atoms with Gasteiger partial charge in [-0.05, 0) is 12.5 Å². The third-order valence-electron chi connectivity index (χ3n) is 2.94. The predicted octanol–water partition coefficient (Wildman–Crippen LogP) is 3.38. The summed E-state index contributed by atoms with van der Waals surface area (Å²) in [5.41, 5.74) is 4.57. The summed E-state index contributed by atoms with van der Waals surface area (Å²) < 4.78 is 0. The number of hydrogen-bond donors (Lipinski definition) is 1. The summed E-state index contributed by atoms with van der Waals surface area (Å²) in [6, 6.07) is 16.1. The molecule has 2 aromatic rings. The molecule has 0 bridgehead atoms. The zero-order valence-corrected chi connectivity index (χ0v) is 11.2. The Morgan fingerprint density at radius 2 is 1.80 bits per heavy atom. The van der Waals surface area contributed by atoms with Crippen molar-refractivity contribution < 1.29 is 9.76 Å². The van der Waals surface area contributed by atoms with Crippen molar-refractivity contribution in [3.8, 4) is 0 Å². The van der Waals surface area contributed by atoms with Crippen LogP contribution in [0.1, 0.15) is 24.1 Å². The molecule has 5 heteroatoms. The molecule has 5 nitrogen and oxygen atoms in total. The lowest BCUT2D eigenvalue weighted by atomic mass is 10.1. The van der Waals surface area contributed by atoms with Gasteiger partial charge in [-0.2, -0.15) is 5.48 Å². The van der Waals surface area contributed by atoms with Crippen molar-refractivity contribution in [3.63, 3.8) is 0 Å². The van der Waals surface area contributed by atoms with Gasteiger partial charge in [-0.3, -0.25) is 15.0 Å². The van der Waals surface area contributed by atoms with Crippen molar-refractivity contribution in [2.24, 2.45) is 0 Å². The number of nitro groups is 1. The SMILES string of the molecule is CC(NOCc1ccccc1)c1ccccc1[N+](=O)[O-]. The van der Waals surface area contributed by atoms with Crippen LogP contribution in [0.2, 0.25) is 0 Å². The number of nitrogens with zero attached hydrogens (tertiary/aromatic N) is 1. The summed E-state index contributed by atoms with van der Waals surface area (Å²) in [7, 11) is 0. The van der Waals surface area contributed by atoms with E-state index in [0.717, 1.165) is 5.56 Å². The lowest BCUT2D eigenvalue weighted by molar-refractivity contribution is -0.385. The Bertz CT molecular complexity index is 572. The predicted molar refractivity (Wildman–Crippen MR) is 75.9 cm³/mol. The Labute approximate surface area is 117 Å². The molecule has 20 heavy (non-hydrogen) atoms. The Morgan fingerprint density at radius 1 is 1.15 bits per heavy atom. The molecule has 0 aromatic heterocycles. The lowest BCUT2D eigenvalue weighted by Crippen LogP contribution is -2.19. The van der Waals surface area contributed by atoms with Gasteiger partial charge in [-0.25, -0.2) is 0 Å². The smallest absolute Gasteiger partial charge is 0.274 e. The van der Waals surface area contributed by atoms with E-state index in [-0.39, 0.29) is 16.7 Å². The molecule has 0 saturated heterocycles. The first-order chi connectivity index (χ1) is 9.68. The molecule has 0 aliphatic heterocycles. The number of nitrogens with one attached hydrogen (secondary N) is 1. The maximum absolute atomic E-state index is 11.0. The molecule has 0 fully saturated rings. The van der Waals surface area contributed by atoms with Crippen LogP contribution in [0.5, 0.6) is 0 Å². The van der Waals surface area contributed by atoms with E-state index in [0.29, 0.717) is 12.2 Å². The van der Waals surface area contributed by atoms with Crippen LogP contribution >= 0.6 is 0 Å². The maximum Gasteiger partial charge on any atom is 0.274 e. The molecule has 2 rings (SSSR count). The van der Waals surface area contributed by atoms with Crippen molar-refractivity contribution in [1.29, 1.82) is 0 Å².